The lowest BCUT2D eigenvalue weighted by atomic mass is 10.5. The summed E-state index contributed by atoms with van der Waals surface area (Å²) in [7, 11) is 0. The van der Waals surface area contributed by atoms with E-state index >= 15 is 0 Å². The molecule has 60 valence electrons. The fourth-order valence-corrected chi connectivity index (χ4v) is 0.574. The lowest BCUT2D eigenvalue weighted by Crippen LogP contribution is -2.00. The minimum atomic E-state index is 0.645. The summed E-state index contributed by atoms with van der Waals surface area (Å²) in [6.07, 6.45) is 2.72. The number of ether oxygens (including phenoxy) is 2. The van der Waals surface area contributed by atoms with Crippen LogP contribution < -0.4 is 0 Å². The first-order chi connectivity index (χ1) is 4.91. The molecular formula is C8H16O2. The van der Waals surface area contributed by atoms with Crippen molar-refractivity contribution in [3.05, 3.63) is 12.7 Å². The highest BCUT2D eigenvalue weighted by Crippen LogP contribution is 1.84. The van der Waals surface area contributed by atoms with Crippen molar-refractivity contribution < 1.29 is 9.47 Å². The largest absolute Gasteiger partial charge is 0.382 e. The Bertz CT molecular complexity index is 71.7. The second-order valence-corrected chi connectivity index (χ2v) is 1.91. The van der Waals surface area contributed by atoms with Crippen molar-refractivity contribution >= 4 is 0 Å². The highest BCUT2D eigenvalue weighted by Gasteiger charge is 1.85. The second kappa shape index (κ2) is 8.66. The van der Waals surface area contributed by atoms with E-state index in [4.69, 9.17) is 9.47 Å². The third-order valence-electron chi connectivity index (χ3n) is 1.02. The van der Waals surface area contributed by atoms with Crippen molar-refractivity contribution in [2.45, 2.75) is 13.3 Å². The maximum Gasteiger partial charge on any atom is 0.0644 e. The normalized spacial score (nSPS) is 9.70. The van der Waals surface area contributed by atoms with Crippen LogP contribution in [-0.4, -0.2) is 26.4 Å². The summed E-state index contributed by atoms with van der Waals surface area (Å²) in [5.74, 6) is 0. The first-order valence-electron chi connectivity index (χ1n) is 3.68. The molecule has 0 saturated heterocycles. The molecule has 0 aliphatic rings. The molecule has 0 atom stereocenters. The summed E-state index contributed by atoms with van der Waals surface area (Å²) >= 11 is 0. The Kier molecular flexibility index (Phi) is 8.37. The van der Waals surface area contributed by atoms with E-state index < -0.39 is 0 Å². The zero-order chi connectivity index (χ0) is 7.66. The van der Waals surface area contributed by atoms with E-state index in [-0.39, 0.29) is 0 Å². The van der Waals surface area contributed by atoms with Crippen LogP contribution in [0.25, 0.3) is 0 Å². The fraction of sp³-hybridized carbons (Fsp3) is 0.750. The standard InChI is InChI=1S/C8H16O2/c1-3-6-10-8-5-7-9-4-2/h3H,1,4-8H2,2H3. The van der Waals surface area contributed by atoms with E-state index in [1.807, 2.05) is 6.92 Å². The Labute approximate surface area is 62.8 Å². The fourth-order valence-electron chi connectivity index (χ4n) is 0.574. The van der Waals surface area contributed by atoms with Gasteiger partial charge in [0.2, 0.25) is 0 Å². The van der Waals surface area contributed by atoms with Gasteiger partial charge in [-0.3, -0.25) is 0 Å². The summed E-state index contributed by atoms with van der Waals surface area (Å²) in [6, 6.07) is 0. The minimum Gasteiger partial charge on any atom is -0.382 e. The van der Waals surface area contributed by atoms with E-state index in [2.05, 4.69) is 6.58 Å². The van der Waals surface area contributed by atoms with E-state index in [0.717, 1.165) is 26.2 Å². The maximum absolute atomic E-state index is 5.13. The lowest BCUT2D eigenvalue weighted by molar-refractivity contribution is 0.0999. The molecule has 0 rings (SSSR count). The van der Waals surface area contributed by atoms with Gasteiger partial charge in [-0.15, -0.1) is 6.58 Å². The van der Waals surface area contributed by atoms with Crippen LogP contribution in [0, 0.1) is 0 Å². The molecule has 0 spiro atoms. The topological polar surface area (TPSA) is 18.5 Å². The summed E-state index contributed by atoms with van der Waals surface area (Å²) in [5.41, 5.74) is 0. The highest BCUT2D eigenvalue weighted by molar-refractivity contribution is 4.63. The third-order valence-corrected chi connectivity index (χ3v) is 1.02. The zero-order valence-electron chi connectivity index (χ0n) is 6.64. The molecule has 2 heteroatoms. The molecule has 0 amide bonds. The molecule has 0 unspecified atom stereocenters. The van der Waals surface area contributed by atoms with Crippen LogP contribution in [0.2, 0.25) is 0 Å². The molecule has 0 bridgehead atoms. The number of rotatable bonds is 7. The average molecular weight is 144 g/mol. The van der Waals surface area contributed by atoms with Crippen LogP contribution >= 0.6 is 0 Å². The van der Waals surface area contributed by atoms with Gasteiger partial charge in [0.05, 0.1) is 6.61 Å². The van der Waals surface area contributed by atoms with Crippen molar-refractivity contribution in [3.63, 3.8) is 0 Å². The molecule has 0 aliphatic carbocycles. The molecule has 0 aromatic rings. The van der Waals surface area contributed by atoms with Gasteiger partial charge >= 0.3 is 0 Å². The maximum atomic E-state index is 5.13. The molecule has 0 aromatic heterocycles. The molecule has 0 N–H and O–H groups in total. The van der Waals surface area contributed by atoms with Crippen molar-refractivity contribution in [1.82, 2.24) is 0 Å². The van der Waals surface area contributed by atoms with Crippen LogP contribution in [0.4, 0.5) is 0 Å². The molecule has 2 nitrogen and oxygen atoms in total. The minimum absolute atomic E-state index is 0.645. The molecule has 0 saturated carbocycles. The first-order valence-corrected chi connectivity index (χ1v) is 3.68. The van der Waals surface area contributed by atoms with Crippen molar-refractivity contribution in [1.29, 1.82) is 0 Å². The zero-order valence-corrected chi connectivity index (χ0v) is 6.64. The highest BCUT2D eigenvalue weighted by atomic mass is 16.5. The predicted molar refractivity (Wildman–Crippen MR) is 42.1 cm³/mol. The van der Waals surface area contributed by atoms with E-state index in [1.54, 1.807) is 6.08 Å². The van der Waals surface area contributed by atoms with Gasteiger partial charge in [0.25, 0.3) is 0 Å². The Morgan fingerprint density at radius 3 is 2.60 bits per heavy atom. The first kappa shape index (κ1) is 9.66. The molecule has 0 heterocycles. The van der Waals surface area contributed by atoms with Crippen molar-refractivity contribution in [3.8, 4) is 0 Å². The van der Waals surface area contributed by atoms with Crippen LogP contribution in [0.3, 0.4) is 0 Å². The van der Waals surface area contributed by atoms with Crippen molar-refractivity contribution in [2.75, 3.05) is 26.4 Å². The van der Waals surface area contributed by atoms with Crippen LogP contribution in [0.1, 0.15) is 13.3 Å². The third kappa shape index (κ3) is 7.66. The van der Waals surface area contributed by atoms with E-state index in [9.17, 15) is 0 Å². The lowest BCUT2D eigenvalue weighted by Gasteiger charge is -2.00. The number of hydrogen-bond acceptors (Lipinski definition) is 2. The quantitative estimate of drug-likeness (QED) is 0.399. The molecule has 0 radical (unpaired) electrons. The van der Waals surface area contributed by atoms with Crippen LogP contribution in [0.5, 0.6) is 0 Å². The second-order valence-electron chi connectivity index (χ2n) is 1.91. The summed E-state index contributed by atoms with van der Waals surface area (Å²) in [4.78, 5) is 0. The van der Waals surface area contributed by atoms with E-state index in [0.29, 0.717) is 6.61 Å². The average Bonchev–Trinajstić information content (AvgIpc) is 1.97. The Morgan fingerprint density at radius 2 is 2.00 bits per heavy atom. The molecule has 0 aliphatic heterocycles. The monoisotopic (exact) mass is 144 g/mol. The van der Waals surface area contributed by atoms with Gasteiger partial charge in [-0.05, 0) is 13.3 Å². The van der Waals surface area contributed by atoms with Gasteiger partial charge in [-0.1, -0.05) is 6.08 Å². The van der Waals surface area contributed by atoms with Gasteiger partial charge in [-0.25, -0.2) is 0 Å². The van der Waals surface area contributed by atoms with Crippen molar-refractivity contribution in [2.24, 2.45) is 0 Å². The Hall–Kier alpha value is -0.340. The molecule has 10 heavy (non-hydrogen) atoms. The Balaban J connectivity index is 2.70. The number of hydrogen-bond donors (Lipinski definition) is 0. The summed E-state index contributed by atoms with van der Waals surface area (Å²) < 4.78 is 10.2. The van der Waals surface area contributed by atoms with Gasteiger partial charge in [0, 0.05) is 19.8 Å². The van der Waals surface area contributed by atoms with Gasteiger partial charge in [-0.2, -0.15) is 0 Å². The SMILES string of the molecule is C=CCOCCCOCC. The molecule has 0 aromatic carbocycles. The summed E-state index contributed by atoms with van der Waals surface area (Å²) in [5, 5.41) is 0. The smallest absolute Gasteiger partial charge is 0.0644 e. The summed E-state index contributed by atoms with van der Waals surface area (Å²) in [6.45, 7) is 8.54. The molecular weight excluding hydrogens is 128 g/mol. The van der Waals surface area contributed by atoms with Gasteiger partial charge < -0.3 is 9.47 Å². The predicted octanol–water partition coefficient (Wildman–Crippen LogP) is 1.62. The van der Waals surface area contributed by atoms with Crippen LogP contribution in [-0.2, 0) is 9.47 Å². The van der Waals surface area contributed by atoms with Gasteiger partial charge in [0.15, 0.2) is 0 Å². The molecule has 0 fully saturated rings. The Morgan fingerprint density at radius 1 is 1.30 bits per heavy atom. The van der Waals surface area contributed by atoms with Crippen LogP contribution in [0.15, 0.2) is 12.7 Å². The van der Waals surface area contributed by atoms with E-state index in [1.165, 1.54) is 0 Å². The van der Waals surface area contributed by atoms with Gasteiger partial charge in [0.1, 0.15) is 0 Å².